The van der Waals surface area contributed by atoms with Gasteiger partial charge in [0, 0.05) is 10.9 Å². The molecule has 0 bridgehead atoms. The molecule has 14 heavy (non-hydrogen) atoms. The summed E-state index contributed by atoms with van der Waals surface area (Å²) in [5.41, 5.74) is 1.50. The Morgan fingerprint density at radius 3 is 2.71 bits per heavy atom. The largest absolute Gasteiger partial charge is 0.298 e. The Morgan fingerprint density at radius 1 is 1.50 bits per heavy atom. The van der Waals surface area contributed by atoms with Gasteiger partial charge in [-0.25, -0.2) is 0 Å². The van der Waals surface area contributed by atoms with E-state index in [9.17, 15) is 4.79 Å². The molecule has 0 N–H and O–H groups in total. The van der Waals surface area contributed by atoms with Gasteiger partial charge in [0.05, 0.1) is 10.9 Å². The number of carbonyl (C=O) groups excluding carboxylic acids is 1. The summed E-state index contributed by atoms with van der Waals surface area (Å²) in [5, 5.41) is 9.05. The van der Waals surface area contributed by atoms with E-state index in [0.717, 1.165) is 10.0 Å². The topological polar surface area (TPSA) is 40.9 Å². The second kappa shape index (κ2) is 5.28. The third-order valence-electron chi connectivity index (χ3n) is 1.70. The minimum Gasteiger partial charge on any atom is -0.298 e. The first-order chi connectivity index (χ1) is 6.67. The van der Waals surface area contributed by atoms with Gasteiger partial charge >= 0.3 is 0 Å². The molecule has 2 nitrogen and oxygen atoms in total. The van der Waals surface area contributed by atoms with Gasteiger partial charge in [0.25, 0.3) is 0 Å². The van der Waals surface area contributed by atoms with Crippen molar-refractivity contribution in [2.24, 2.45) is 0 Å². The third-order valence-corrected chi connectivity index (χ3v) is 2.99. The number of halogens is 2. The fourth-order valence-electron chi connectivity index (χ4n) is 1.03. The van der Waals surface area contributed by atoms with Crippen LogP contribution >= 0.6 is 31.9 Å². The van der Waals surface area contributed by atoms with E-state index in [-0.39, 0.29) is 5.78 Å². The average Bonchev–Trinajstić information content (AvgIpc) is 2.18. The fourth-order valence-corrected chi connectivity index (χ4v) is 1.75. The lowest BCUT2D eigenvalue weighted by atomic mass is 10.1. The molecule has 1 rings (SSSR count). The van der Waals surface area contributed by atoms with Crippen molar-refractivity contribution in [1.82, 2.24) is 0 Å². The number of alkyl halides is 1. The fraction of sp³-hybridized carbons (Fsp3) is 0.200. The van der Waals surface area contributed by atoms with Gasteiger partial charge in [-0.15, -0.1) is 0 Å². The van der Waals surface area contributed by atoms with Crippen LogP contribution in [-0.4, -0.2) is 11.1 Å². The second-order valence-corrected chi connectivity index (χ2v) is 4.19. The average molecular weight is 317 g/mol. The maximum absolute atomic E-state index is 11.1. The van der Waals surface area contributed by atoms with Gasteiger partial charge in [0.1, 0.15) is 11.9 Å². The van der Waals surface area contributed by atoms with E-state index < -0.39 is 0 Å². The number of nitrogens with zero attached hydrogens (tertiary/aromatic N) is 1. The van der Waals surface area contributed by atoms with E-state index in [1.54, 1.807) is 18.2 Å². The Kier molecular flexibility index (Phi) is 4.30. The summed E-state index contributed by atoms with van der Waals surface area (Å²) in [5.74, 6) is 0.126. The molecular formula is C10H7Br2NO. The zero-order chi connectivity index (χ0) is 10.6. The highest BCUT2D eigenvalue weighted by atomic mass is 79.9. The van der Waals surface area contributed by atoms with Crippen molar-refractivity contribution in [1.29, 1.82) is 5.26 Å². The molecule has 0 aromatic heterocycles. The van der Waals surface area contributed by atoms with Crippen molar-refractivity contribution >= 4 is 37.6 Å². The molecule has 0 atom stereocenters. The summed E-state index contributed by atoms with van der Waals surface area (Å²) in [6.07, 6.45) is 0.398. The summed E-state index contributed by atoms with van der Waals surface area (Å²) in [6, 6.07) is 7.36. The van der Waals surface area contributed by atoms with Gasteiger partial charge < -0.3 is 0 Å². The molecule has 0 heterocycles. The van der Waals surface area contributed by atoms with Crippen LogP contribution in [0.15, 0.2) is 22.7 Å². The molecule has 0 unspecified atom stereocenters. The van der Waals surface area contributed by atoms with E-state index in [1.807, 2.05) is 6.07 Å². The molecular weight excluding hydrogens is 310 g/mol. The first kappa shape index (κ1) is 11.4. The molecule has 0 spiro atoms. The maximum Gasteiger partial charge on any atom is 0.147 e. The van der Waals surface area contributed by atoms with Crippen molar-refractivity contribution in [3.05, 3.63) is 33.8 Å². The third kappa shape index (κ3) is 2.93. The molecule has 0 aliphatic rings. The lowest BCUT2D eigenvalue weighted by molar-refractivity contribution is -0.115. The lowest BCUT2D eigenvalue weighted by Gasteiger charge is -2.00. The van der Waals surface area contributed by atoms with Gasteiger partial charge in [-0.05, 0) is 33.6 Å². The molecule has 1 aromatic carbocycles. The number of rotatable bonds is 3. The highest BCUT2D eigenvalue weighted by Gasteiger charge is 2.04. The second-order valence-electron chi connectivity index (χ2n) is 2.78. The van der Waals surface area contributed by atoms with Crippen molar-refractivity contribution in [2.75, 3.05) is 5.33 Å². The molecule has 1 aromatic rings. The zero-order valence-electron chi connectivity index (χ0n) is 7.26. The highest BCUT2D eigenvalue weighted by molar-refractivity contribution is 9.10. The Labute approximate surface area is 99.2 Å². The van der Waals surface area contributed by atoms with Crippen molar-refractivity contribution < 1.29 is 4.79 Å². The zero-order valence-corrected chi connectivity index (χ0v) is 10.4. The van der Waals surface area contributed by atoms with Gasteiger partial charge in [0.15, 0.2) is 0 Å². The number of Topliss-reactive ketones (excluding diaryl/α,β-unsaturated/α-hetero) is 1. The molecule has 0 amide bonds. The van der Waals surface area contributed by atoms with Crippen LogP contribution in [0, 0.1) is 11.3 Å². The predicted molar refractivity (Wildman–Crippen MR) is 61.4 cm³/mol. The minimum absolute atomic E-state index is 0.126. The van der Waals surface area contributed by atoms with Crippen LogP contribution in [0.4, 0.5) is 0 Å². The molecule has 0 radical (unpaired) electrons. The van der Waals surface area contributed by atoms with Gasteiger partial charge in [-0.1, -0.05) is 22.0 Å². The van der Waals surface area contributed by atoms with Crippen molar-refractivity contribution in [3.8, 4) is 6.07 Å². The van der Waals surface area contributed by atoms with Crippen LogP contribution in [0.3, 0.4) is 0 Å². The Bertz CT molecular complexity index is 396. The smallest absolute Gasteiger partial charge is 0.147 e. The summed E-state index contributed by atoms with van der Waals surface area (Å²) in [4.78, 5) is 11.1. The Morgan fingerprint density at radius 2 is 2.21 bits per heavy atom. The molecule has 72 valence electrons. The van der Waals surface area contributed by atoms with E-state index in [0.29, 0.717) is 17.3 Å². The monoisotopic (exact) mass is 315 g/mol. The number of nitriles is 1. The molecule has 0 fully saturated rings. The molecule has 4 heteroatoms. The molecule has 0 saturated heterocycles. The highest BCUT2D eigenvalue weighted by Crippen LogP contribution is 2.18. The van der Waals surface area contributed by atoms with Crippen LogP contribution in [0.25, 0.3) is 0 Å². The van der Waals surface area contributed by atoms with E-state index in [2.05, 4.69) is 31.9 Å². The van der Waals surface area contributed by atoms with Crippen LogP contribution in [0.5, 0.6) is 0 Å². The SMILES string of the molecule is N#Cc1ccc(CC(=O)CBr)cc1Br. The summed E-state index contributed by atoms with van der Waals surface area (Å²) in [7, 11) is 0. The number of hydrogen-bond acceptors (Lipinski definition) is 2. The molecule has 0 aliphatic heterocycles. The van der Waals surface area contributed by atoms with E-state index in [4.69, 9.17) is 5.26 Å². The van der Waals surface area contributed by atoms with E-state index >= 15 is 0 Å². The maximum atomic E-state index is 11.1. The normalized spacial score (nSPS) is 9.50. The Balaban J connectivity index is 2.88. The van der Waals surface area contributed by atoms with Crippen LogP contribution in [0.2, 0.25) is 0 Å². The van der Waals surface area contributed by atoms with Crippen molar-refractivity contribution in [2.45, 2.75) is 6.42 Å². The summed E-state index contributed by atoms with van der Waals surface area (Å²) < 4.78 is 0.736. The number of benzene rings is 1. The van der Waals surface area contributed by atoms with Crippen molar-refractivity contribution in [3.63, 3.8) is 0 Å². The first-order valence-electron chi connectivity index (χ1n) is 3.93. The number of hydrogen-bond donors (Lipinski definition) is 0. The van der Waals surface area contributed by atoms with Gasteiger partial charge in [-0.3, -0.25) is 4.79 Å². The summed E-state index contributed by atoms with van der Waals surface area (Å²) in [6.45, 7) is 0. The summed E-state index contributed by atoms with van der Waals surface area (Å²) >= 11 is 6.38. The minimum atomic E-state index is 0.126. The number of ketones is 1. The first-order valence-corrected chi connectivity index (χ1v) is 5.85. The van der Waals surface area contributed by atoms with Gasteiger partial charge in [-0.2, -0.15) is 5.26 Å². The van der Waals surface area contributed by atoms with Crippen LogP contribution in [-0.2, 0) is 11.2 Å². The lowest BCUT2D eigenvalue weighted by Crippen LogP contribution is -2.03. The van der Waals surface area contributed by atoms with Gasteiger partial charge in [0.2, 0.25) is 0 Å². The molecule has 0 saturated carbocycles. The molecule has 0 aliphatic carbocycles. The van der Waals surface area contributed by atoms with Crippen LogP contribution < -0.4 is 0 Å². The standard InChI is InChI=1S/C10H7Br2NO/c11-5-9(14)3-7-1-2-8(6-13)10(12)4-7/h1-2,4H,3,5H2. The van der Waals surface area contributed by atoms with E-state index in [1.165, 1.54) is 0 Å². The van der Waals surface area contributed by atoms with Crippen LogP contribution in [0.1, 0.15) is 11.1 Å². The Hall–Kier alpha value is -0.660. The number of carbonyl (C=O) groups is 1. The predicted octanol–water partition coefficient (Wildman–Crippen LogP) is 2.83. The quantitative estimate of drug-likeness (QED) is 0.805.